The fourth-order valence-corrected chi connectivity index (χ4v) is 2.51. The van der Waals surface area contributed by atoms with Gasteiger partial charge in [-0.3, -0.25) is 0 Å². The number of likely N-dealkylation sites (N-methyl/N-ethyl adjacent to an activating group) is 1. The van der Waals surface area contributed by atoms with Crippen molar-refractivity contribution in [3.63, 3.8) is 0 Å². The van der Waals surface area contributed by atoms with E-state index in [4.69, 9.17) is 0 Å². The summed E-state index contributed by atoms with van der Waals surface area (Å²) < 4.78 is 0. The van der Waals surface area contributed by atoms with Crippen LogP contribution in [0, 0.1) is 0 Å². The average Bonchev–Trinajstić information content (AvgIpc) is 2.49. The summed E-state index contributed by atoms with van der Waals surface area (Å²) >= 11 is 0. The topological polar surface area (TPSA) is 15.3 Å². The highest BCUT2D eigenvalue weighted by Crippen LogP contribution is 2.18. The van der Waals surface area contributed by atoms with Crippen LogP contribution in [-0.4, -0.2) is 38.1 Å². The summed E-state index contributed by atoms with van der Waals surface area (Å²) in [5, 5.41) is 6.19. The van der Waals surface area contributed by atoms with Gasteiger partial charge in [-0.2, -0.15) is 0 Å². The molecule has 0 unspecified atom stereocenters. The Kier molecular flexibility index (Phi) is 6.03. The molecule has 2 rings (SSSR count). The van der Waals surface area contributed by atoms with E-state index in [1.54, 1.807) is 0 Å². The molecule has 0 heterocycles. The third-order valence-electron chi connectivity index (χ3n) is 3.74. The van der Waals surface area contributed by atoms with E-state index in [-0.39, 0.29) is 0 Å². The van der Waals surface area contributed by atoms with Gasteiger partial charge in [-0.25, -0.2) is 0 Å². The molecule has 1 N–H and O–H groups in total. The molecule has 0 aromatic heterocycles. The van der Waals surface area contributed by atoms with Crippen LogP contribution >= 0.6 is 0 Å². The number of hydrogen-bond acceptors (Lipinski definition) is 2. The first kappa shape index (κ1) is 15.0. The fourth-order valence-electron chi connectivity index (χ4n) is 2.51. The van der Waals surface area contributed by atoms with Gasteiger partial charge in [0.2, 0.25) is 0 Å². The zero-order valence-electron chi connectivity index (χ0n) is 12.7. The SMILES string of the molecule is CCCNCCN(C)CCc1cccc2ccccc12. The van der Waals surface area contributed by atoms with Gasteiger partial charge in [0.15, 0.2) is 0 Å². The molecule has 0 spiro atoms. The highest BCUT2D eigenvalue weighted by molar-refractivity contribution is 5.85. The second kappa shape index (κ2) is 8.03. The molecule has 0 bridgehead atoms. The van der Waals surface area contributed by atoms with Crippen LogP contribution in [0.1, 0.15) is 18.9 Å². The van der Waals surface area contributed by atoms with Crippen molar-refractivity contribution < 1.29 is 0 Å². The first-order valence-corrected chi connectivity index (χ1v) is 7.67. The summed E-state index contributed by atoms with van der Waals surface area (Å²) in [4.78, 5) is 2.41. The minimum absolute atomic E-state index is 1.08. The summed E-state index contributed by atoms with van der Waals surface area (Å²) in [5.41, 5.74) is 1.46. The molecule has 20 heavy (non-hydrogen) atoms. The van der Waals surface area contributed by atoms with Crippen LogP contribution in [-0.2, 0) is 6.42 Å². The molecule has 0 aliphatic heterocycles. The van der Waals surface area contributed by atoms with Crippen molar-refractivity contribution in [2.45, 2.75) is 19.8 Å². The highest BCUT2D eigenvalue weighted by Gasteiger charge is 2.02. The minimum atomic E-state index is 1.08. The first-order chi connectivity index (χ1) is 9.81. The Morgan fingerprint density at radius 2 is 1.75 bits per heavy atom. The summed E-state index contributed by atoms with van der Waals surface area (Å²) in [6.45, 7) is 6.64. The quantitative estimate of drug-likeness (QED) is 0.740. The van der Waals surface area contributed by atoms with E-state index >= 15 is 0 Å². The summed E-state index contributed by atoms with van der Waals surface area (Å²) in [6.07, 6.45) is 2.32. The molecule has 2 aromatic carbocycles. The maximum absolute atomic E-state index is 3.45. The highest BCUT2D eigenvalue weighted by atomic mass is 15.1. The lowest BCUT2D eigenvalue weighted by molar-refractivity contribution is 0.336. The van der Waals surface area contributed by atoms with Crippen molar-refractivity contribution in [3.05, 3.63) is 48.0 Å². The first-order valence-electron chi connectivity index (χ1n) is 7.67. The zero-order chi connectivity index (χ0) is 14.2. The van der Waals surface area contributed by atoms with Crippen molar-refractivity contribution >= 4 is 10.8 Å². The number of hydrogen-bond donors (Lipinski definition) is 1. The third kappa shape index (κ3) is 4.32. The van der Waals surface area contributed by atoms with Gasteiger partial charge in [0.05, 0.1) is 0 Å². The molecule has 2 heteroatoms. The van der Waals surface area contributed by atoms with Gasteiger partial charge in [-0.05, 0) is 42.8 Å². The van der Waals surface area contributed by atoms with Crippen LogP contribution < -0.4 is 5.32 Å². The molecule has 0 radical (unpaired) electrons. The molecule has 0 atom stereocenters. The largest absolute Gasteiger partial charge is 0.315 e. The Hall–Kier alpha value is -1.38. The fraction of sp³-hybridized carbons (Fsp3) is 0.444. The maximum Gasteiger partial charge on any atom is 0.0104 e. The lowest BCUT2D eigenvalue weighted by Gasteiger charge is -2.17. The molecule has 0 amide bonds. The number of nitrogens with zero attached hydrogens (tertiary/aromatic N) is 1. The van der Waals surface area contributed by atoms with E-state index < -0.39 is 0 Å². The Morgan fingerprint density at radius 1 is 0.950 bits per heavy atom. The summed E-state index contributed by atoms with van der Waals surface area (Å²) in [6, 6.07) is 15.3. The second-order valence-electron chi connectivity index (χ2n) is 5.44. The molecule has 0 fully saturated rings. The molecular weight excluding hydrogens is 244 g/mol. The number of nitrogens with one attached hydrogen (secondary N) is 1. The van der Waals surface area contributed by atoms with Gasteiger partial charge >= 0.3 is 0 Å². The van der Waals surface area contributed by atoms with E-state index in [0.717, 1.165) is 32.6 Å². The van der Waals surface area contributed by atoms with Crippen molar-refractivity contribution in [3.8, 4) is 0 Å². The zero-order valence-corrected chi connectivity index (χ0v) is 12.7. The Morgan fingerprint density at radius 3 is 2.60 bits per heavy atom. The van der Waals surface area contributed by atoms with E-state index in [1.165, 1.54) is 22.8 Å². The Bertz CT molecular complexity index is 516. The second-order valence-corrected chi connectivity index (χ2v) is 5.44. The molecular formula is C18H26N2. The molecule has 0 saturated heterocycles. The van der Waals surface area contributed by atoms with Gasteiger partial charge in [0.1, 0.15) is 0 Å². The van der Waals surface area contributed by atoms with Gasteiger partial charge in [0.25, 0.3) is 0 Å². The molecule has 2 nitrogen and oxygen atoms in total. The predicted octanol–water partition coefficient (Wildman–Crippen LogP) is 3.31. The van der Waals surface area contributed by atoms with Crippen LogP contribution in [0.15, 0.2) is 42.5 Å². The molecule has 0 aliphatic rings. The van der Waals surface area contributed by atoms with Crippen LogP contribution in [0.25, 0.3) is 10.8 Å². The minimum Gasteiger partial charge on any atom is -0.315 e. The van der Waals surface area contributed by atoms with Crippen LogP contribution in [0.2, 0.25) is 0 Å². The number of fused-ring (bicyclic) bond motifs is 1. The van der Waals surface area contributed by atoms with E-state index in [9.17, 15) is 0 Å². The van der Waals surface area contributed by atoms with Crippen LogP contribution in [0.5, 0.6) is 0 Å². The third-order valence-corrected chi connectivity index (χ3v) is 3.74. The lowest BCUT2D eigenvalue weighted by atomic mass is 10.0. The average molecular weight is 270 g/mol. The number of benzene rings is 2. The normalized spacial score (nSPS) is 11.3. The molecule has 0 saturated carbocycles. The Labute approximate surface area is 122 Å². The van der Waals surface area contributed by atoms with Gasteiger partial charge < -0.3 is 10.2 Å². The smallest absolute Gasteiger partial charge is 0.0104 e. The van der Waals surface area contributed by atoms with Crippen molar-refractivity contribution in [2.75, 3.05) is 33.2 Å². The molecule has 108 valence electrons. The van der Waals surface area contributed by atoms with E-state index in [1.807, 2.05) is 0 Å². The van der Waals surface area contributed by atoms with E-state index in [0.29, 0.717) is 0 Å². The van der Waals surface area contributed by atoms with Gasteiger partial charge in [-0.1, -0.05) is 49.4 Å². The standard InChI is InChI=1S/C18H26N2/c1-3-12-19-13-15-20(2)14-11-17-9-6-8-16-7-4-5-10-18(16)17/h4-10,19H,3,11-15H2,1-2H3. The number of rotatable bonds is 8. The lowest BCUT2D eigenvalue weighted by Crippen LogP contribution is -2.31. The van der Waals surface area contributed by atoms with Crippen molar-refractivity contribution in [1.82, 2.24) is 10.2 Å². The molecule has 0 aliphatic carbocycles. The summed E-state index contributed by atoms with van der Waals surface area (Å²) in [7, 11) is 2.21. The van der Waals surface area contributed by atoms with Crippen LogP contribution in [0.3, 0.4) is 0 Å². The van der Waals surface area contributed by atoms with Gasteiger partial charge in [0, 0.05) is 19.6 Å². The van der Waals surface area contributed by atoms with Crippen molar-refractivity contribution in [1.29, 1.82) is 0 Å². The van der Waals surface area contributed by atoms with Crippen LogP contribution in [0.4, 0.5) is 0 Å². The maximum atomic E-state index is 3.45. The predicted molar refractivity (Wildman–Crippen MR) is 88.3 cm³/mol. The van der Waals surface area contributed by atoms with E-state index in [2.05, 4.69) is 66.7 Å². The van der Waals surface area contributed by atoms with Crippen molar-refractivity contribution in [2.24, 2.45) is 0 Å². The molecule has 2 aromatic rings. The monoisotopic (exact) mass is 270 g/mol. The Balaban J connectivity index is 1.86. The van der Waals surface area contributed by atoms with Gasteiger partial charge in [-0.15, -0.1) is 0 Å². The summed E-state index contributed by atoms with van der Waals surface area (Å²) in [5.74, 6) is 0.